The molecule has 0 aliphatic rings. The molecule has 0 fully saturated rings. The molecule has 1 amide bonds. The quantitative estimate of drug-likeness (QED) is 0.666. The Morgan fingerprint density at radius 3 is 2.69 bits per heavy atom. The number of nitrogens with one attached hydrogen (secondary N) is 1. The molecule has 0 spiro atoms. The minimum Gasteiger partial charge on any atom is -0.293 e. The van der Waals surface area contributed by atoms with Crippen LogP contribution in [0.25, 0.3) is 0 Å². The number of carbonyl (C=O) groups is 1. The largest absolute Gasteiger partial charge is 0.293 e. The van der Waals surface area contributed by atoms with E-state index in [1.165, 1.54) is 6.33 Å². The molecule has 7 nitrogen and oxygen atoms in total. The highest BCUT2D eigenvalue weighted by Gasteiger charge is 2.10. The number of aromatic nitrogens is 5. The SMILES string of the molecule is Cc1c(Cl)cnn1CCC(=O)Nc1ncn(Cc2ccc(Cl)c(Cl)c2)n1. The van der Waals surface area contributed by atoms with Gasteiger partial charge in [-0.3, -0.25) is 14.8 Å². The summed E-state index contributed by atoms with van der Waals surface area (Å²) >= 11 is 17.8. The second-order valence-electron chi connectivity index (χ2n) is 5.61. The Kier molecular flexibility index (Phi) is 5.80. The second-order valence-corrected chi connectivity index (χ2v) is 6.84. The molecule has 0 aliphatic carbocycles. The van der Waals surface area contributed by atoms with E-state index in [1.54, 1.807) is 27.7 Å². The summed E-state index contributed by atoms with van der Waals surface area (Å²) in [6.45, 7) is 2.73. The van der Waals surface area contributed by atoms with E-state index in [2.05, 4.69) is 20.5 Å². The Balaban J connectivity index is 1.55. The van der Waals surface area contributed by atoms with E-state index in [-0.39, 0.29) is 18.3 Å². The van der Waals surface area contributed by atoms with Gasteiger partial charge in [0.1, 0.15) is 6.33 Å². The number of amides is 1. The number of benzene rings is 1. The summed E-state index contributed by atoms with van der Waals surface area (Å²) in [6, 6.07) is 5.34. The molecule has 136 valence electrons. The number of aryl methyl sites for hydroxylation is 1. The Morgan fingerprint density at radius 1 is 1.19 bits per heavy atom. The average molecular weight is 414 g/mol. The normalized spacial score (nSPS) is 10.9. The number of rotatable bonds is 6. The Labute approximate surface area is 164 Å². The maximum absolute atomic E-state index is 12.0. The topological polar surface area (TPSA) is 77.6 Å². The van der Waals surface area contributed by atoms with Crippen molar-refractivity contribution in [2.45, 2.75) is 26.4 Å². The molecule has 1 N–H and O–H groups in total. The molecule has 3 rings (SSSR count). The smallest absolute Gasteiger partial charge is 0.248 e. The fourth-order valence-electron chi connectivity index (χ4n) is 2.30. The molecule has 0 aliphatic heterocycles. The van der Waals surface area contributed by atoms with E-state index in [0.29, 0.717) is 28.2 Å². The van der Waals surface area contributed by atoms with Gasteiger partial charge in [0.2, 0.25) is 11.9 Å². The zero-order chi connectivity index (χ0) is 18.7. The summed E-state index contributed by atoms with van der Waals surface area (Å²) in [4.78, 5) is 16.1. The predicted octanol–water partition coefficient (Wildman–Crippen LogP) is 3.82. The number of hydrogen-bond acceptors (Lipinski definition) is 4. The van der Waals surface area contributed by atoms with Gasteiger partial charge < -0.3 is 0 Å². The highest BCUT2D eigenvalue weighted by molar-refractivity contribution is 6.42. The van der Waals surface area contributed by atoms with Crippen molar-refractivity contribution in [2.24, 2.45) is 0 Å². The highest BCUT2D eigenvalue weighted by atomic mass is 35.5. The third-order valence-corrected chi connectivity index (χ3v) is 4.82. The van der Waals surface area contributed by atoms with Crippen LogP contribution in [0.4, 0.5) is 5.95 Å². The molecule has 0 atom stereocenters. The van der Waals surface area contributed by atoms with Crippen LogP contribution in [0.5, 0.6) is 0 Å². The van der Waals surface area contributed by atoms with Crippen molar-refractivity contribution >= 4 is 46.7 Å². The van der Waals surface area contributed by atoms with Gasteiger partial charge in [-0.15, -0.1) is 5.10 Å². The monoisotopic (exact) mass is 412 g/mol. The Hall–Kier alpha value is -2.09. The maximum atomic E-state index is 12.0. The number of halogens is 3. The summed E-state index contributed by atoms with van der Waals surface area (Å²) in [5.41, 5.74) is 1.75. The molecule has 0 saturated heterocycles. The van der Waals surface area contributed by atoms with Gasteiger partial charge in [0, 0.05) is 6.42 Å². The molecule has 0 bridgehead atoms. The molecule has 0 saturated carbocycles. The van der Waals surface area contributed by atoms with Crippen LogP contribution in [-0.4, -0.2) is 30.5 Å². The molecule has 0 radical (unpaired) electrons. The first-order valence-electron chi connectivity index (χ1n) is 7.73. The first-order valence-corrected chi connectivity index (χ1v) is 8.87. The Bertz CT molecular complexity index is 936. The summed E-state index contributed by atoms with van der Waals surface area (Å²) in [7, 11) is 0. The number of anilines is 1. The lowest BCUT2D eigenvalue weighted by Crippen LogP contribution is -2.16. The second kappa shape index (κ2) is 8.07. The van der Waals surface area contributed by atoms with E-state index in [4.69, 9.17) is 34.8 Å². The minimum absolute atomic E-state index is 0.205. The molecule has 1 aromatic carbocycles. The van der Waals surface area contributed by atoms with Crippen molar-refractivity contribution < 1.29 is 4.79 Å². The van der Waals surface area contributed by atoms with Crippen LogP contribution in [0.1, 0.15) is 17.7 Å². The van der Waals surface area contributed by atoms with Crippen molar-refractivity contribution in [3.05, 3.63) is 57.0 Å². The summed E-state index contributed by atoms with van der Waals surface area (Å²) in [5.74, 6) is 0.0357. The summed E-state index contributed by atoms with van der Waals surface area (Å²) in [6.07, 6.45) is 3.33. The molecule has 2 aromatic heterocycles. The van der Waals surface area contributed by atoms with Crippen LogP contribution >= 0.6 is 34.8 Å². The molecule has 3 aromatic rings. The van der Waals surface area contributed by atoms with E-state index in [1.807, 2.05) is 13.0 Å². The first kappa shape index (κ1) is 18.7. The van der Waals surface area contributed by atoms with Gasteiger partial charge in [-0.2, -0.15) is 5.10 Å². The summed E-state index contributed by atoms with van der Waals surface area (Å²) in [5, 5.41) is 12.5. The van der Waals surface area contributed by atoms with Gasteiger partial charge >= 0.3 is 0 Å². The molecule has 0 unspecified atom stereocenters. The molecule has 2 heterocycles. The van der Waals surface area contributed by atoms with Crippen LogP contribution in [0, 0.1) is 6.92 Å². The van der Waals surface area contributed by atoms with E-state index in [0.717, 1.165) is 11.3 Å². The van der Waals surface area contributed by atoms with Crippen LogP contribution in [0.3, 0.4) is 0 Å². The van der Waals surface area contributed by atoms with Crippen LogP contribution < -0.4 is 5.32 Å². The third-order valence-electron chi connectivity index (χ3n) is 3.71. The van der Waals surface area contributed by atoms with Gasteiger partial charge in [0.05, 0.1) is 40.0 Å². The van der Waals surface area contributed by atoms with Gasteiger partial charge in [0.25, 0.3) is 0 Å². The molecular weight excluding hydrogens is 399 g/mol. The highest BCUT2D eigenvalue weighted by Crippen LogP contribution is 2.23. The standard InChI is InChI=1S/C16H15Cl3N6O/c1-10-14(19)7-21-25(10)5-4-15(26)22-16-20-9-24(23-16)8-11-2-3-12(17)13(18)6-11/h2-3,6-7,9H,4-5,8H2,1H3,(H,22,23,26). The van der Waals surface area contributed by atoms with Crippen LogP contribution in [0.15, 0.2) is 30.7 Å². The number of hydrogen-bond donors (Lipinski definition) is 1. The lowest BCUT2D eigenvalue weighted by Gasteiger charge is -2.04. The van der Waals surface area contributed by atoms with Crippen molar-refractivity contribution in [3.63, 3.8) is 0 Å². The molecule has 10 heteroatoms. The van der Waals surface area contributed by atoms with E-state index in [9.17, 15) is 4.79 Å². The van der Waals surface area contributed by atoms with Gasteiger partial charge in [-0.1, -0.05) is 40.9 Å². The average Bonchev–Trinajstić information content (AvgIpc) is 3.17. The first-order chi connectivity index (χ1) is 12.4. The van der Waals surface area contributed by atoms with Gasteiger partial charge in [0.15, 0.2) is 0 Å². The number of nitrogens with zero attached hydrogens (tertiary/aromatic N) is 5. The van der Waals surface area contributed by atoms with Crippen molar-refractivity contribution in [1.29, 1.82) is 0 Å². The maximum Gasteiger partial charge on any atom is 0.248 e. The minimum atomic E-state index is -0.205. The van der Waals surface area contributed by atoms with Gasteiger partial charge in [-0.05, 0) is 24.6 Å². The fourth-order valence-corrected chi connectivity index (χ4v) is 2.76. The third kappa shape index (κ3) is 4.55. The van der Waals surface area contributed by atoms with Crippen LogP contribution in [0.2, 0.25) is 15.1 Å². The zero-order valence-electron chi connectivity index (χ0n) is 13.8. The van der Waals surface area contributed by atoms with Gasteiger partial charge in [-0.25, -0.2) is 9.67 Å². The van der Waals surface area contributed by atoms with E-state index >= 15 is 0 Å². The van der Waals surface area contributed by atoms with Crippen molar-refractivity contribution in [2.75, 3.05) is 5.32 Å². The lowest BCUT2D eigenvalue weighted by atomic mass is 10.2. The predicted molar refractivity (Wildman–Crippen MR) is 101 cm³/mol. The zero-order valence-corrected chi connectivity index (χ0v) is 16.1. The van der Waals surface area contributed by atoms with E-state index < -0.39 is 0 Å². The Morgan fingerprint density at radius 2 is 2.00 bits per heavy atom. The molecular formula is C16H15Cl3N6O. The van der Waals surface area contributed by atoms with Crippen molar-refractivity contribution in [3.8, 4) is 0 Å². The number of carbonyl (C=O) groups excluding carboxylic acids is 1. The fraction of sp³-hybridized carbons (Fsp3) is 0.250. The summed E-state index contributed by atoms with van der Waals surface area (Å²) < 4.78 is 3.28. The van der Waals surface area contributed by atoms with Crippen LogP contribution in [-0.2, 0) is 17.9 Å². The van der Waals surface area contributed by atoms with Crippen molar-refractivity contribution in [1.82, 2.24) is 24.5 Å². The lowest BCUT2D eigenvalue weighted by molar-refractivity contribution is -0.116. The molecule has 26 heavy (non-hydrogen) atoms.